The van der Waals surface area contributed by atoms with Crippen LogP contribution >= 0.6 is 0 Å². The summed E-state index contributed by atoms with van der Waals surface area (Å²) in [7, 11) is 0. The second kappa shape index (κ2) is 7.16. The topological polar surface area (TPSA) is 50.7 Å². The van der Waals surface area contributed by atoms with Crippen molar-refractivity contribution >= 4 is 22.4 Å². The average molecular weight is 394 g/mol. The molecule has 0 amide bonds. The highest BCUT2D eigenvalue weighted by atomic mass is 19.4. The molecular formula is C22H17F3N4. The summed E-state index contributed by atoms with van der Waals surface area (Å²) in [6.45, 7) is 3.87. The van der Waals surface area contributed by atoms with E-state index < -0.39 is 11.7 Å². The molecule has 0 saturated carbocycles. The minimum Gasteiger partial charge on any atom is -0.340 e. The average Bonchev–Trinajstić information content (AvgIpc) is 2.70. The van der Waals surface area contributed by atoms with Crippen LogP contribution in [0.1, 0.15) is 16.7 Å². The van der Waals surface area contributed by atoms with Gasteiger partial charge < -0.3 is 5.32 Å². The summed E-state index contributed by atoms with van der Waals surface area (Å²) < 4.78 is 38.3. The van der Waals surface area contributed by atoms with E-state index in [1.54, 1.807) is 6.20 Å². The first-order valence-electron chi connectivity index (χ1n) is 8.95. The molecule has 0 aliphatic rings. The predicted molar refractivity (Wildman–Crippen MR) is 107 cm³/mol. The zero-order valence-corrected chi connectivity index (χ0v) is 15.7. The van der Waals surface area contributed by atoms with E-state index in [-0.39, 0.29) is 0 Å². The highest BCUT2D eigenvalue weighted by molar-refractivity contribution is 5.88. The zero-order valence-electron chi connectivity index (χ0n) is 15.7. The number of alkyl halides is 3. The minimum absolute atomic E-state index is 0.516. The lowest BCUT2D eigenvalue weighted by molar-refractivity contribution is -0.137. The number of fused-ring (bicyclic) bond motifs is 1. The molecule has 0 saturated heterocycles. The lowest BCUT2D eigenvalue weighted by Crippen LogP contribution is -2.05. The van der Waals surface area contributed by atoms with Gasteiger partial charge in [0.2, 0.25) is 0 Å². The van der Waals surface area contributed by atoms with E-state index in [1.165, 1.54) is 18.5 Å². The Bertz CT molecular complexity index is 1190. The Morgan fingerprint density at radius 3 is 2.31 bits per heavy atom. The van der Waals surface area contributed by atoms with E-state index in [1.807, 2.05) is 38.1 Å². The van der Waals surface area contributed by atoms with Crippen LogP contribution in [0.3, 0.4) is 0 Å². The van der Waals surface area contributed by atoms with Crippen molar-refractivity contribution in [2.45, 2.75) is 20.0 Å². The third-order valence-electron chi connectivity index (χ3n) is 4.84. The van der Waals surface area contributed by atoms with E-state index in [9.17, 15) is 13.2 Å². The van der Waals surface area contributed by atoms with E-state index in [4.69, 9.17) is 0 Å². The number of benzene rings is 2. The summed E-state index contributed by atoms with van der Waals surface area (Å²) in [5.74, 6) is 0.537. The number of anilines is 2. The first-order chi connectivity index (χ1) is 13.8. The van der Waals surface area contributed by atoms with Crippen LogP contribution < -0.4 is 5.32 Å². The first kappa shape index (κ1) is 18.9. The lowest BCUT2D eigenvalue weighted by atomic mass is 9.99. The third-order valence-corrected chi connectivity index (χ3v) is 4.84. The molecule has 2 aromatic carbocycles. The van der Waals surface area contributed by atoms with Gasteiger partial charge in [0.1, 0.15) is 12.1 Å². The summed E-state index contributed by atoms with van der Waals surface area (Å²) in [6, 6.07) is 12.7. The van der Waals surface area contributed by atoms with Gasteiger partial charge in [0.05, 0.1) is 16.8 Å². The number of rotatable bonds is 3. The van der Waals surface area contributed by atoms with Crippen LogP contribution in [-0.2, 0) is 6.18 Å². The SMILES string of the molecule is Cc1c(Nc2ccc(C(F)(F)F)cc2)ncnc1-c1ccc2cccnc2c1C. The van der Waals surface area contributed by atoms with Crippen molar-refractivity contribution in [3.05, 3.63) is 77.7 Å². The van der Waals surface area contributed by atoms with E-state index >= 15 is 0 Å². The molecule has 0 spiro atoms. The lowest BCUT2D eigenvalue weighted by Gasteiger charge is -2.14. The molecule has 2 heterocycles. The maximum atomic E-state index is 12.8. The van der Waals surface area contributed by atoms with Gasteiger partial charge in [-0.1, -0.05) is 18.2 Å². The van der Waals surface area contributed by atoms with Crippen molar-refractivity contribution in [3.63, 3.8) is 0 Å². The van der Waals surface area contributed by atoms with Gasteiger partial charge in [-0.05, 0) is 49.7 Å². The second-order valence-electron chi connectivity index (χ2n) is 6.71. The maximum absolute atomic E-state index is 12.8. The van der Waals surface area contributed by atoms with Gasteiger partial charge in [-0.3, -0.25) is 4.98 Å². The summed E-state index contributed by atoms with van der Waals surface area (Å²) >= 11 is 0. The molecule has 4 rings (SSSR count). The first-order valence-corrected chi connectivity index (χ1v) is 8.95. The molecule has 0 atom stereocenters. The van der Waals surface area contributed by atoms with Crippen LogP contribution in [0.4, 0.5) is 24.7 Å². The van der Waals surface area contributed by atoms with Crippen molar-refractivity contribution in [1.29, 1.82) is 0 Å². The number of nitrogens with zero attached hydrogens (tertiary/aromatic N) is 3. The molecule has 2 aromatic heterocycles. The summed E-state index contributed by atoms with van der Waals surface area (Å²) in [6.07, 6.45) is -1.17. The number of aryl methyl sites for hydroxylation is 1. The van der Waals surface area contributed by atoms with Crippen LogP contribution in [-0.4, -0.2) is 15.0 Å². The molecule has 7 heteroatoms. The molecule has 0 fully saturated rings. The molecule has 1 N–H and O–H groups in total. The molecule has 0 unspecified atom stereocenters. The van der Waals surface area contributed by atoms with Crippen molar-refractivity contribution in [1.82, 2.24) is 15.0 Å². The second-order valence-corrected chi connectivity index (χ2v) is 6.71. The van der Waals surface area contributed by atoms with Gasteiger partial charge in [-0.25, -0.2) is 9.97 Å². The zero-order chi connectivity index (χ0) is 20.6. The van der Waals surface area contributed by atoms with Gasteiger partial charge in [-0.15, -0.1) is 0 Å². The molecule has 0 aliphatic heterocycles. The van der Waals surface area contributed by atoms with Crippen molar-refractivity contribution in [2.75, 3.05) is 5.32 Å². The summed E-state index contributed by atoms with van der Waals surface area (Å²) in [4.78, 5) is 13.2. The highest BCUT2D eigenvalue weighted by Gasteiger charge is 2.30. The predicted octanol–water partition coefficient (Wildman–Crippen LogP) is 6.07. The normalized spacial score (nSPS) is 11.6. The van der Waals surface area contributed by atoms with Gasteiger partial charge in [0, 0.05) is 28.4 Å². The Balaban J connectivity index is 1.71. The Kier molecular flexibility index (Phi) is 4.66. The number of pyridine rings is 1. The minimum atomic E-state index is -4.36. The van der Waals surface area contributed by atoms with Gasteiger partial charge in [0.25, 0.3) is 0 Å². The molecule has 4 nitrogen and oxygen atoms in total. The van der Waals surface area contributed by atoms with E-state index in [0.717, 1.165) is 45.4 Å². The van der Waals surface area contributed by atoms with Crippen LogP contribution in [0.25, 0.3) is 22.2 Å². The number of hydrogen-bond acceptors (Lipinski definition) is 4. The fourth-order valence-corrected chi connectivity index (χ4v) is 3.27. The van der Waals surface area contributed by atoms with Crippen LogP contribution in [0.5, 0.6) is 0 Å². The quantitative estimate of drug-likeness (QED) is 0.458. The van der Waals surface area contributed by atoms with E-state index in [0.29, 0.717) is 11.5 Å². The fourth-order valence-electron chi connectivity index (χ4n) is 3.27. The standard InChI is InChI=1S/C22H17F3N4/c1-13-18(10-5-15-4-3-11-26-19(13)15)20-14(2)21(28-12-27-20)29-17-8-6-16(7-9-17)22(23,24)25/h3-12H,1-2H3,(H,27,28,29). The van der Waals surface area contributed by atoms with Gasteiger partial charge in [-0.2, -0.15) is 13.2 Å². The smallest absolute Gasteiger partial charge is 0.340 e. The molecule has 0 aliphatic carbocycles. The van der Waals surface area contributed by atoms with Crippen molar-refractivity contribution in [3.8, 4) is 11.3 Å². The van der Waals surface area contributed by atoms with Crippen molar-refractivity contribution in [2.24, 2.45) is 0 Å². The molecule has 4 aromatic rings. The Morgan fingerprint density at radius 1 is 0.828 bits per heavy atom. The van der Waals surface area contributed by atoms with Gasteiger partial charge >= 0.3 is 6.18 Å². The Hall–Kier alpha value is -3.48. The van der Waals surface area contributed by atoms with Crippen molar-refractivity contribution < 1.29 is 13.2 Å². The van der Waals surface area contributed by atoms with Crippen LogP contribution in [0.15, 0.2) is 61.1 Å². The maximum Gasteiger partial charge on any atom is 0.416 e. The van der Waals surface area contributed by atoms with E-state index in [2.05, 4.69) is 20.3 Å². The Labute approximate surface area is 165 Å². The van der Waals surface area contributed by atoms with Crippen LogP contribution in [0.2, 0.25) is 0 Å². The highest BCUT2D eigenvalue weighted by Crippen LogP contribution is 2.33. The number of hydrogen-bond donors (Lipinski definition) is 1. The third kappa shape index (κ3) is 3.63. The molecule has 146 valence electrons. The fraction of sp³-hybridized carbons (Fsp3) is 0.136. The van der Waals surface area contributed by atoms with Gasteiger partial charge in [0.15, 0.2) is 0 Å². The number of aromatic nitrogens is 3. The number of nitrogens with one attached hydrogen (secondary N) is 1. The molecule has 0 radical (unpaired) electrons. The molecule has 0 bridgehead atoms. The Morgan fingerprint density at radius 2 is 1.59 bits per heavy atom. The monoisotopic (exact) mass is 394 g/mol. The molecular weight excluding hydrogens is 377 g/mol. The summed E-state index contributed by atoms with van der Waals surface area (Å²) in [5.41, 5.74) is 4.22. The van der Waals surface area contributed by atoms with Crippen LogP contribution in [0, 0.1) is 13.8 Å². The largest absolute Gasteiger partial charge is 0.416 e. The number of halogens is 3. The summed E-state index contributed by atoms with van der Waals surface area (Å²) in [5, 5.41) is 4.13. The molecule has 29 heavy (non-hydrogen) atoms.